The van der Waals surface area contributed by atoms with E-state index in [0.29, 0.717) is 12.8 Å². The van der Waals surface area contributed by atoms with E-state index in [9.17, 15) is 35.1 Å². The van der Waals surface area contributed by atoms with Crippen molar-refractivity contribution in [3.8, 4) is 0 Å². The average molecular weight is 1050 g/mol. The number of allylic oxidation sites excluding steroid dienone is 17. The molecule has 1 saturated heterocycles. The normalized spacial score (nSPS) is 20.0. The molecule has 0 aromatic rings. The second-order valence-corrected chi connectivity index (χ2v) is 20.1. The number of nitrogens with one attached hydrogen (secondary N) is 1. The topological polar surface area (TPSA) is 175 Å². The van der Waals surface area contributed by atoms with Gasteiger partial charge in [0, 0.05) is 6.42 Å². The molecule has 0 aromatic heterocycles. The van der Waals surface area contributed by atoms with Gasteiger partial charge in [-0.1, -0.05) is 246 Å². The largest absolute Gasteiger partial charge is 0.454 e. The Hall–Kier alpha value is -3.68. The maximum atomic E-state index is 13.3. The molecule has 11 nitrogen and oxygen atoms in total. The van der Waals surface area contributed by atoms with Gasteiger partial charge in [-0.2, -0.15) is 0 Å². The third kappa shape index (κ3) is 39.4. The summed E-state index contributed by atoms with van der Waals surface area (Å²) in [6.45, 7) is 5.53. The molecule has 0 saturated carbocycles. The van der Waals surface area contributed by atoms with Crippen molar-refractivity contribution in [2.45, 2.75) is 269 Å². The fourth-order valence-electron chi connectivity index (χ4n) is 8.57. The Labute approximate surface area is 456 Å². The number of unbranched alkanes of at least 4 members (excludes halogenated alkanes) is 22. The molecule has 1 rings (SSSR count). The van der Waals surface area contributed by atoms with E-state index in [4.69, 9.17) is 14.2 Å². The molecule has 1 amide bonds. The van der Waals surface area contributed by atoms with Crippen LogP contribution in [0.3, 0.4) is 0 Å². The van der Waals surface area contributed by atoms with Crippen molar-refractivity contribution < 1.29 is 49.3 Å². The van der Waals surface area contributed by atoms with Crippen LogP contribution in [0.2, 0.25) is 0 Å². The Morgan fingerprint density at radius 3 is 1.56 bits per heavy atom. The van der Waals surface area contributed by atoms with Gasteiger partial charge in [0.1, 0.15) is 24.4 Å². The Morgan fingerprint density at radius 2 is 1.01 bits per heavy atom. The van der Waals surface area contributed by atoms with Gasteiger partial charge in [0.25, 0.3) is 0 Å². The molecule has 0 spiro atoms. The van der Waals surface area contributed by atoms with Gasteiger partial charge in [-0.25, -0.2) is 0 Å². The van der Waals surface area contributed by atoms with Crippen LogP contribution in [0.25, 0.3) is 0 Å². The van der Waals surface area contributed by atoms with E-state index >= 15 is 0 Å². The van der Waals surface area contributed by atoms with Crippen molar-refractivity contribution in [3.63, 3.8) is 0 Å². The van der Waals surface area contributed by atoms with Gasteiger partial charge in [0.2, 0.25) is 5.91 Å². The molecule has 0 aromatic carbocycles. The molecule has 8 unspecified atom stereocenters. The van der Waals surface area contributed by atoms with E-state index in [1.807, 2.05) is 60.8 Å². The molecular formula is C64H107NO10. The highest BCUT2D eigenvalue weighted by molar-refractivity contribution is 5.80. The van der Waals surface area contributed by atoms with Crippen molar-refractivity contribution in [3.05, 3.63) is 109 Å². The molecule has 1 aliphatic heterocycles. The molecule has 0 radical (unpaired) electrons. The standard InChI is InChI=1S/C64H107NO10/c1-4-7-10-13-16-19-22-24-25-26-27-28-29-30-31-32-33-34-37-40-43-46-49-52-59(69)75-62-61(71)60(70)58(53-66)74-64(62)73-54-55(56(67)50-47-44-41-38-35-21-18-15-12-9-6-3)65-63(72)57(68)51-48-45-42-39-36-23-20-17-14-11-8-5-2/h8,11,14,16-17,19-20,23-25,27-28,36,39,42,45,47,50,55-58,60-62,64,66-68,70-71H,4-7,9-10,12-13,15,18,21-22,26,29-35,37-38,40-41,43-44,46,48-49,51-54H2,1-3H3,(H,65,72)/b11-8+,17-14+,19-16-,23-20-,25-24-,28-27-,39-36-,45-42+,50-47+. The highest BCUT2D eigenvalue weighted by atomic mass is 16.7. The van der Waals surface area contributed by atoms with Crippen LogP contribution in [0.4, 0.5) is 0 Å². The summed E-state index contributed by atoms with van der Waals surface area (Å²) in [6, 6.07) is -1.07. The molecule has 8 atom stereocenters. The molecule has 75 heavy (non-hydrogen) atoms. The number of hydrogen-bond acceptors (Lipinski definition) is 10. The van der Waals surface area contributed by atoms with Crippen LogP contribution in [0, 0.1) is 0 Å². The summed E-state index contributed by atoms with van der Waals surface area (Å²) in [4.78, 5) is 26.4. The van der Waals surface area contributed by atoms with Crippen molar-refractivity contribution in [1.29, 1.82) is 0 Å². The first-order valence-electron chi connectivity index (χ1n) is 29.7. The number of ether oxygens (including phenoxy) is 3. The quantitative estimate of drug-likeness (QED) is 0.0149. The Morgan fingerprint density at radius 1 is 0.547 bits per heavy atom. The lowest BCUT2D eigenvalue weighted by Gasteiger charge is -2.41. The van der Waals surface area contributed by atoms with Crippen LogP contribution in [0.5, 0.6) is 0 Å². The first kappa shape index (κ1) is 69.3. The van der Waals surface area contributed by atoms with Crippen LogP contribution in [-0.2, 0) is 23.8 Å². The van der Waals surface area contributed by atoms with Gasteiger partial charge in [-0.05, 0) is 77.0 Å². The minimum atomic E-state index is -1.63. The summed E-state index contributed by atoms with van der Waals surface area (Å²) in [6.07, 6.45) is 58.7. The Balaban J connectivity index is 2.67. The van der Waals surface area contributed by atoms with E-state index in [-0.39, 0.29) is 19.4 Å². The lowest BCUT2D eigenvalue weighted by molar-refractivity contribution is -0.305. The Kier molecular flexibility index (Phi) is 47.2. The van der Waals surface area contributed by atoms with Crippen molar-refractivity contribution in [2.24, 2.45) is 0 Å². The fourth-order valence-corrected chi connectivity index (χ4v) is 8.57. The average Bonchev–Trinajstić information content (AvgIpc) is 3.41. The van der Waals surface area contributed by atoms with Crippen LogP contribution in [0.1, 0.15) is 220 Å². The minimum absolute atomic E-state index is 0.104. The number of esters is 1. The summed E-state index contributed by atoms with van der Waals surface area (Å²) in [5, 5.41) is 56.7. The number of rotatable bonds is 48. The van der Waals surface area contributed by atoms with Gasteiger partial charge in [0.05, 0.1) is 25.4 Å². The zero-order valence-electron chi connectivity index (χ0n) is 47.1. The van der Waals surface area contributed by atoms with Crippen molar-refractivity contribution >= 4 is 11.9 Å². The second-order valence-electron chi connectivity index (χ2n) is 20.1. The predicted molar refractivity (Wildman–Crippen MR) is 310 cm³/mol. The van der Waals surface area contributed by atoms with E-state index in [2.05, 4.69) is 68.6 Å². The van der Waals surface area contributed by atoms with Crippen LogP contribution in [0.15, 0.2) is 109 Å². The third-order valence-corrected chi connectivity index (χ3v) is 13.3. The van der Waals surface area contributed by atoms with Crippen molar-refractivity contribution in [1.82, 2.24) is 5.32 Å². The summed E-state index contributed by atoms with van der Waals surface area (Å²) < 4.78 is 17.5. The van der Waals surface area contributed by atoms with E-state index in [1.54, 1.807) is 6.08 Å². The van der Waals surface area contributed by atoms with Gasteiger partial charge < -0.3 is 45.1 Å². The number of carbonyl (C=O) groups excluding carboxylic acids is 2. The molecule has 1 fully saturated rings. The molecule has 1 heterocycles. The van der Waals surface area contributed by atoms with Crippen molar-refractivity contribution in [2.75, 3.05) is 13.2 Å². The highest BCUT2D eigenvalue weighted by Crippen LogP contribution is 2.26. The van der Waals surface area contributed by atoms with Crippen LogP contribution < -0.4 is 5.32 Å². The summed E-state index contributed by atoms with van der Waals surface area (Å²) in [5.41, 5.74) is 0. The smallest absolute Gasteiger partial charge is 0.306 e. The number of aliphatic hydroxyl groups is 5. The second kappa shape index (κ2) is 51.1. The summed E-state index contributed by atoms with van der Waals surface area (Å²) in [7, 11) is 0. The molecule has 6 N–H and O–H groups in total. The molecule has 11 heteroatoms. The number of amides is 1. The predicted octanol–water partition coefficient (Wildman–Crippen LogP) is 13.7. The number of hydrogen-bond donors (Lipinski definition) is 6. The number of carbonyl (C=O) groups is 2. The molecule has 0 bridgehead atoms. The molecule has 1 aliphatic rings. The maximum Gasteiger partial charge on any atom is 0.306 e. The lowest BCUT2D eigenvalue weighted by Crippen LogP contribution is -2.61. The lowest BCUT2D eigenvalue weighted by atomic mass is 9.99. The molecular weight excluding hydrogens is 943 g/mol. The van der Waals surface area contributed by atoms with Gasteiger partial charge in [-0.3, -0.25) is 9.59 Å². The van der Waals surface area contributed by atoms with Crippen LogP contribution in [-0.4, -0.2) is 99.6 Å². The number of aliphatic hydroxyl groups excluding tert-OH is 5. The first-order valence-corrected chi connectivity index (χ1v) is 29.7. The summed E-state index contributed by atoms with van der Waals surface area (Å²) in [5.74, 6) is -1.29. The zero-order valence-corrected chi connectivity index (χ0v) is 47.1. The van der Waals surface area contributed by atoms with Crippen LogP contribution >= 0.6 is 0 Å². The monoisotopic (exact) mass is 1050 g/mol. The van der Waals surface area contributed by atoms with E-state index in [1.165, 1.54) is 96.3 Å². The SMILES string of the molecule is CC/C=C/C=C/C=C\C=C/C=C/CCC(O)C(=O)NC(COC1OC(CO)C(O)C(O)C1OC(=O)CCCCCCCCCCCC/C=C\C/C=C\C/C=C\CCCCC)C(O)/C=C/CCCCCCCCCCC. The van der Waals surface area contributed by atoms with E-state index < -0.39 is 67.4 Å². The zero-order chi connectivity index (χ0) is 54.7. The summed E-state index contributed by atoms with van der Waals surface area (Å²) >= 11 is 0. The molecule has 0 aliphatic carbocycles. The molecule has 428 valence electrons. The van der Waals surface area contributed by atoms with Gasteiger partial charge in [0.15, 0.2) is 12.4 Å². The highest BCUT2D eigenvalue weighted by Gasteiger charge is 2.47. The third-order valence-electron chi connectivity index (χ3n) is 13.3. The first-order chi connectivity index (χ1) is 36.7. The fraction of sp³-hybridized carbons (Fsp3) is 0.688. The minimum Gasteiger partial charge on any atom is -0.454 e. The van der Waals surface area contributed by atoms with Gasteiger partial charge in [-0.15, -0.1) is 0 Å². The Bertz CT molecular complexity index is 1630. The van der Waals surface area contributed by atoms with Gasteiger partial charge >= 0.3 is 5.97 Å². The van der Waals surface area contributed by atoms with E-state index in [0.717, 1.165) is 77.0 Å². The maximum absolute atomic E-state index is 13.3.